The first-order valence-corrected chi connectivity index (χ1v) is 10.0. The fourth-order valence-electron chi connectivity index (χ4n) is 2.68. The molecule has 0 bridgehead atoms. The van der Waals surface area contributed by atoms with E-state index >= 15 is 0 Å². The monoisotopic (exact) mass is 422 g/mol. The molecule has 0 aliphatic carbocycles. The fourth-order valence-corrected chi connectivity index (χ4v) is 5.08. The van der Waals surface area contributed by atoms with Gasteiger partial charge in [0, 0.05) is 31.9 Å². The van der Waals surface area contributed by atoms with Crippen molar-refractivity contribution in [2.75, 3.05) is 31.1 Å². The van der Waals surface area contributed by atoms with E-state index in [1.807, 2.05) is 4.90 Å². The van der Waals surface area contributed by atoms with Gasteiger partial charge in [0.2, 0.25) is 10.0 Å². The Labute approximate surface area is 160 Å². The van der Waals surface area contributed by atoms with Crippen LogP contribution >= 0.6 is 34.8 Å². The molecule has 0 atom stereocenters. The molecule has 1 heterocycles. The van der Waals surface area contributed by atoms with Crippen LogP contribution in [0.1, 0.15) is 0 Å². The molecule has 0 unspecified atom stereocenters. The van der Waals surface area contributed by atoms with Gasteiger partial charge in [-0.3, -0.25) is 0 Å². The zero-order chi connectivity index (χ0) is 18.2. The van der Waals surface area contributed by atoms with E-state index in [0.717, 1.165) is 5.69 Å². The van der Waals surface area contributed by atoms with E-state index in [-0.39, 0.29) is 38.9 Å². The first-order valence-electron chi connectivity index (χ1n) is 7.44. The molecule has 1 fully saturated rings. The molecule has 4 nitrogen and oxygen atoms in total. The van der Waals surface area contributed by atoms with Crippen molar-refractivity contribution in [1.82, 2.24) is 4.31 Å². The summed E-state index contributed by atoms with van der Waals surface area (Å²) < 4.78 is 40.0. The Balaban J connectivity index is 1.78. The zero-order valence-corrected chi connectivity index (χ0v) is 16.0. The largest absolute Gasteiger partial charge is 0.369 e. The minimum atomic E-state index is -3.77. The minimum Gasteiger partial charge on any atom is -0.369 e. The number of hydrogen-bond acceptors (Lipinski definition) is 3. The van der Waals surface area contributed by atoms with Crippen LogP contribution in [0.15, 0.2) is 41.3 Å². The van der Waals surface area contributed by atoms with Gasteiger partial charge in [-0.05, 0) is 36.4 Å². The van der Waals surface area contributed by atoms with Crippen LogP contribution in [0, 0.1) is 5.82 Å². The summed E-state index contributed by atoms with van der Waals surface area (Å²) >= 11 is 17.8. The lowest BCUT2D eigenvalue weighted by Gasteiger charge is -2.35. The van der Waals surface area contributed by atoms with Crippen LogP contribution in [0.25, 0.3) is 0 Å². The van der Waals surface area contributed by atoms with E-state index in [1.165, 1.54) is 28.6 Å². The van der Waals surface area contributed by atoms with Crippen LogP contribution < -0.4 is 4.90 Å². The maximum absolute atomic E-state index is 13.0. The van der Waals surface area contributed by atoms with Crippen LogP contribution in [0.3, 0.4) is 0 Å². The van der Waals surface area contributed by atoms with Gasteiger partial charge in [-0.2, -0.15) is 4.31 Å². The number of hydrogen-bond donors (Lipinski definition) is 0. The average Bonchev–Trinajstić information content (AvgIpc) is 2.59. The number of benzene rings is 2. The van der Waals surface area contributed by atoms with Gasteiger partial charge >= 0.3 is 0 Å². The Hall–Kier alpha value is -1.05. The Morgan fingerprint density at radius 3 is 2.00 bits per heavy atom. The fraction of sp³-hybridized carbons (Fsp3) is 0.250. The molecule has 134 valence electrons. The summed E-state index contributed by atoms with van der Waals surface area (Å²) in [4.78, 5) is 1.95. The topological polar surface area (TPSA) is 40.6 Å². The molecule has 1 saturated heterocycles. The average molecular weight is 424 g/mol. The van der Waals surface area contributed by atoms with Crippen LogP contribution in [0.5, 0.6) is 0 Å². The van der Waals surface area contributed by atoms with Gasteiger partial charge in [0.15, 0.2) is 0 Å². The molecule has 0 aromatic heterocycles. The molecule has 25 heavy (non-hydrogen) atoms. The van der Waals surface area contributed by atoms with Crippen molar-refractivity contribution in [2.45, 2.75) is 4.90 Å². The number of halogens is 4. The van der Waals surface area contributed by atoms with Crippen molar-refractivity contribution >= 4 is 50.5 Å². The third-order valence-electron chi connectivity index (χ3n) is 4.02. The van der Waals surface area contributed by atoms with Crippen molar-refractivity contribution in [2.24, 2.45) is 0 Å². The van der Waals surface area contributed by atoms with E-state index in [4.69, 9.17) is 34.8 Å². The van der Waals surface area contributed by atoms with E-state index in [2.05, 4.69) is 0 Å². The van der Waals surface area contributed by atoms with Crippen LogP contribution in [0.4, 0.5) is 10.1 Å². The van der Waals surface area contributed by atoms with Crippen molar-refractivity contribution < 1.29 is 12.8 Å². The van der Waals surface area contributed by atoms with Crippen molar-refractivity contribution in [3.05, 3.63) is 57.3 Å². The first kappa shape index (κ1) is 18.7. The number of anilines is 1. The van der Waals surface area contributed by atoms with Gasteiger partial charge in [0.25, 0.3) is 0 Å². The minimum absolute atomic E-state index is 0.0374. The number of piperazine rings is 1. The van der Waals surface area contributed by atoms with Gasteiger partial charge in [0.05, 0.1) is 15.1 Å². The first-order chi connectivity index (χ1) is 11.8. The maximum Gasteiger partial charge on any atom is 0.244 e. The summed E-state index contributed by atoms with van der Waals surface area (Å²) in [6.45, 7) is 1.56. The molecule has 2 aromatic rings. The third kappa shape index (κ3) is 3.88. The van der Waals surface area contributed by atoms with Gasteiger partial charge in [-0.25, -0.2) is 12.8 Å². The number of sulfonamides is 1. The number of nitrogens with zero attached hydrogens (tertiary/aromatic N) is 2. The van der Waals surface area contributed by atoms with Gasteiger partial charge in [0.1, 0.15) is 10.7 Å². The Morgan fingerprint density at radius 1 is 0.840 bits per heavy atom. The Morgan fingerprint density at radius 2 is 1.40 bits per heavy atom. The van der Waals surface area contributed by atoms with E-state index < -0.39 is 10.0 Å². The SMILES string of the molecule is O=S(=O)(c1cc(Cl)c(Cl)cc1Cl)N1CCN(c2ccc(F)cc2)CC1. The lowest BCUT2D eigenvalue weighted by atomic mass is 10.2. The van der Waals surface area contributed by atoms with Crippen molar-refractivity contribution in [3.63, 3.8) is 0 Å². The summed E-state index contributed by atoms with van der Waals surface area (Å²) in [5.74, 6) is -0.306. The van der Waals surface area contributed by atoms with Crippen LogP contribution in [-0.2, 0) is 10.0 Å². The van der Waals surface area contributed by atoms with Crippen LogP contribution in [0.2, 0.25) is 15.1 Å². The second-order valence-electron chi connectivity index (χ2n) is 5.56. The predicted octanol–water partition coefficient (Wildman–Crippen LogP) is 4.30. The van der Waals surface area contributed by atoms with E-state index in [0.29, 0.717) is 13.1 Å². The highest BCUT2D eigenvalue weighted by Gasteiger charge is 2.30. The lowest BCUT2D eigenvalue weighted by Crippen LogP contribution is -2.48. The highest BCUT2D eigenvalue weighted by Crippen LogP contribution is 2.33. The molecule has 9 heteroatoms. The molecule has 0 radical (unpaired) electrons. The van der Waals surface area contributed by atoms with Gasteiger partial charge in [-0.15, -0.1) is 0 Å². The summed E-state index contributed by atoms with van der Waals surface area (Å²) in [5.41, 5.74) is 0.853. The molecule has 0 amide bonds. The molecule has 0 spiro atoms. The second-order valence-corrected chi connectivity index (χ2v) is 8.69. The maximum atomic E-state index is 13.0. The molecule has 0 saturated carbocycles. The number of rotatable bonds is 3. The third-order valence-corrected chi connectivity index (χ3v) is 7.11. The standard InChI is InChI=1S/C16H14Cl3FN2O2S/c17-13-9-15(19)16(10-14(13)18)25(23,24)22-7-5-21(6-8-22)12-3-1-11(20)2-4-12/h1-4,9-10H,5-8H2. The molecule has 2 aromatic carbocycles. The highest BCUT2D eigenvalue weighted by molar-refractivity contribution is 7.89. The predicted molar refractivity (Wildman–Crippen MR) is 98.8 cm³/mol. The molecule has 1 aliphatic rings. The quantitative estimate of drug-likeness (QED) is 0.691. The summed E-state index contributed by atoms with van der Waals surface area (Å²) in [6.07, 6.45) is 0. The van der Waals surface area contributed by atoms with Crippen molar-refractivity contribution in [1.29, 1.82) is 0 Å². The van der Waals surface area contributed by atoms with Gasteiger partial charge < -0.3 is 4.90 Å². The normalized spacial score (nSPS) is 16.2. The molecule has 1 aliphatic heterocycles. The van der Waals surface area contributed by atoms with Gasteiger partial charge in [-0.1, -0.05) is 34.8 Å². The van der Waals surface area contributed by atoms with E-state index in [9.17, 15) is 12.8 Å². The summed E-state index contributed by atoms with van der Waals surface area (Å²) in [5, 5.41) is 0.372. The van der Waals surface area contributed by atoms with Crippen molar-refractivity contribution in [3.8, 4) is 0 Å². The van der Waals surface area contributed by atoms with E-state index in [1.54, 1.807) is 12.1 Å². The second kappa shape index (κ2) is 7.29. The van der Waals surface area contributed by atoms with Crippen LogP contribution in [-0.4, -0.2) is 38.9 Å². The zero-order valence-electron chi connectivity index (χ0n) is 12.9. The lowest BCUT2D eigenvalue weighted by molar-refractivity contribution is 0.385. The summed E-state index contributed by atoms with van der Waals surface area (Å²) in [7, 11) is -3.77. The smallest absolute Gasteiger partial charge is 0.244 e. The molecule has 3 rings (SSSR count). The Kier molecular flexibility index (Phi) is 5.46. The highest BCUT2D eigenvalue weighted by atomic mass is 35.5. The molecule has 0 N–H and O–H groups in total. The summed E-state index contributed by atoms with van der Waals surface area (Å²) in [6, 6.07) is 8.72. The molecular formula is C16H14Cl3FN2O2S. The Bertz CT molecular complexity index is 883. The molecular weight excluding hydrogens is 410 g/mol.